The Bertz CT molecular complexity index is 571. The second-order valence-electron chi connectivity index (χ2n) is 9.01. The van der Waals surface area contributed by atoms with Gasteiger partial charge < -0.3 is 4.74 Å². The van der Waals surface area contributed by atoms with E-state index in [0.717, 1.165) is 57.4 Å². The molecule has 27 heavy (non-hydrogen) atoms. The smallest absolute Gasteiger partial charge is 0.168 e. The summed E-state index contributed by atoms with van der Waals surface area (Å²) in [4.78, 5) is 5.36. The number of rotatable bonds is 7. The molecule has 7 heteroatoms. The summed E-state index contributed by atoms with van der Waals surface area (Å²) in [6.07, 6.45) is 9.28. The Morgan fingerprint density at radius 3 is 2.48 bits per heavy atom. The first kappa shape index (κ1) is 19.3. The maximum Gasteiger partial charge on any atom is 0.168 e. The largest absolute Gasteiger partial charge is 0.376 e. The van der Waals surface area contributed by atoms with Crippen LogP contribution in [0.1, 0.15) is 70.7 Å². The molecule has 0 radical (unpaired) electrons. The van der Waals surface area contributed by atoms with Gasteiger partial charge in [-0.05, 0) is 48.4 Å². The number of hydrogen-bond donors (Lipinski definition) is 0. The van der Waals surface area contributed by atoms with Gasteiger partial charge in [0, 0.05) is 38.8 Å². The molecule has 3 heterocycles. The van der Waals surface area contributed by atoms with Crippen LogP contribution in [0.5, 0.6) is 0 Å². The fraction of sp³-hybridized carbons (Fsp3) is 0.950. The van der Waals surface area contributed by atoms with Crippen molar-refractivity contribution in [2.45, 2.75) is 83.5 Å². The average molecular weight is 377 g/mol. The molecule has 0 spiro atoms. The van der Waals surface area contributed by atoms with Gasteiger partial charge in [-0.2, -0.15) is 0 Å². The van der Waals surface area contributed by atoms with Gasteiger partial charge >= 0.3 is 0 Å². The summed E-state index contributed by atoms with van der Waals surface area (Å²) in [5, 5.41) is 12.8. The van der Waals surface area contributed by atoms with Crippen LogP contribution in [0, 0.1) is 5.92 Å². The summed E-state index contributed by atoms with van der Waals surface area (Å²) in [6.45, 7) is 10.9. The molecular weight excluding hydrogens is 340 g/mol. The van der Waals surface area contributed by atoms with Gasteiger partial charge in [0.2, 0.25) is 0 Å². The van der Waals surface area contributed by atoms with Gasteiger partial charge in [-0.25, -0.2) is 4.68 Å². The summed E-state index contributed by atoms with van der Waals surface area (Å²) in [5.41, 5.74) is 0. The Balaban J connectivity index is 1.43. The summed E-state index contributed by atoms with van der Waals surface area (Å²) in [6, 6.07) is 1.15. The zero-order valence-corrected chi connectivity index (χ0v) is 17.1. The lowest BCUT2D eigenvalue weighted by atomic mass is 10.0. The van der Waals surface area contributed by atoms with E-state index in [1.807, 2.05) is 4.68 Å². The van der Waals surface area contributed by atoms with Crippen molar-refractivity contribution in [3.05, 3.63) is 5.82 Å². The molecule has 152 valence electrons. The number of nitrogens with zero attached hydrogens (tertiary/aromatic N) is 6. The number of aromatic nitrogens is 4. The van der Waals surface area contributed by atoms with E-state index in [-0.39, 0.29) is 6.10 Å². The molecule has 1 saturated carbocycles. The molecule has 7 nitrogen and oxygen atoms in total. The third-order valence-electron chi connectivity index (χ3n) is 6.58. The van der Waals surface area contributed by atoms with Gasteiger partial charge in [-0.1, -0.05) is 26.7 Å². The zero-order chi connectivity index (χ0) is 18.6. The van der Waals surface area contributed by atoms with Gasteiger partial charge in [0.25, 0.3) is 0 Å². The van der Waals surface area contributed by atoms with E-state index in [2.05, 4.69) is 39.2 Å². The molecule has 1 aliphatic carbocycles. The Kier molecular flexibility index (Phi) is 6.40. The van der Waals surface area contributed by atoms with Crippen LogP contribution in [-0.4, -0.2) is 74.9 Å². The van der Waals surface area contributed by atoms with Crippen LogP contribution < -0.4 is 0 Å². The van der Waals surface area contributed by atoms with Gasteiger partial charge in [-0.3, -0.25) is 9.80 Å². The van der Waals surface area contributed by atoms with Crippen LogP contribution in [0.15, 0.2) is 0 Å². The first-order valence-electron chi connectivity index (χ1n) is 11.1. The standard InChI is InChI=1S/C20H36N6O/c1-16(2)14-19(20-21-22-23-26(20)15-18-8-5-13-27-18)25-11-9-24(10-12-25)17-6-3-4-7-17/h16-19H,3-15H2,1-2H3/t18-,19-/m1/s1. The van der Waals surface area contributed by atoms with Crippen molar-refractivity contribution in [3.8, 4) is 0 Å². The molecule has 4 rings (SSSR count). The SMILES string of the molecule is CC(C)C[C@H](c1nnnn1C[C@H]1CCCO1)N1CCN(C2CCCC2)CC1. The highest BCUT2D eigenvalue weighted by molar-refractivity contribution is 4.97. The lowest BCUT2D eigenvalue weighted by molar-refractivity contribution is 0.0552. The summed E-state index contributed by atoms with van der Waals surface area (Å²) in [7, 11) is 0. The monoisotopic (exact) mass is 376 g/mol. The predicted octanol–water partition coefficient (Wildman–Crippen LogP) is 2.50. The van der Waals surface area contributed by atoms with Crippen LogP contribution in [0.25, 0.3) is 0 Å². The third-order valence-corrected chi connectivity index (χ3v) is 6.58. The van der Waals surface area contributed by atoms with Crippen molar-refractivity contribution in [3.63, 3.8) is 0 Å². The molecular formula is C20H36N6O. The first-order valence-corrected chi connectivity index (χ1v) is 11.1. The molecule has 3 fully saturated rings. The maximum atomic E-state index is 5.82. The van der Waals surface area contributed by atoms with Crippen molar-refractivity contribution < 1.29 is 4.74 Å². The molecule has 2 aliphatic heterocycles. The van der Waals surface area contributed by atoms with Gasteiger partial charge in [0.05, 0.1) is 18.7 Å². The quantitative estimate of drug-likeness (QED) is 0.729. The zero-order valence-electron chi connectivity index (χ0n) is 17.1. The highest BCUT2D eigenvalue weighted by Crippen LogP contribution is 2.30. The predicted molar refractivity (Wildman–Crippen MR) is 104 cm³/mol. The minimum absolute atomic E-state index is 0.270. The highest BCUT2D eigenvalue weighted by atomic mass is 16.5. The molecule has 2 atom stereocenters. The van der Waals surface area contributed by atoms with E-state index < -0.39 is 0 Å². The molecule has 1 aromatic heterocycles. The molecule has 0 unspecified atom stereocenters. The number of piperazine rings is 1. The van der Waals surface area contributed by atoms with E-state index in [9.17, 15) is 0 Å². The fourth-order valence-electron chi connectivity index (χ4n) is 5.11. The van der Waals surface area contributed by atoms with Gasteiger partial charge in [0.1, 0.15) is 0 Å². The van der Waals surface area contributed by atoms with E-state index >= 15 is 0 Å². The normalized spacial score (nSPS) is 27.0. The van der Waals surface area contributed by atoms with Crippen molar-refractivity contribution in [1.82, 2.24) is 30.0 Å². The average Bonchev–Trinajstić information content (AvgIpc) is 3.43. The minimum Gasteiger partial charge on any atom is -0.376 e. The lowest BCUT2D eigenvalue weighted by Gasteiger charge is -2.41. The first-order chi connectivity index (χ1) is 13.2. The Labute approximate surface area is 163 Å². The Morgan fingerprint density at radius 1 is 1.04 bits per heavy atom. The number of ether oxygens (including phenoxy) is 1. The van der Waals surface area contributed by atoms with E-state index in [4.69, 9.17) is 4.74 Å². The summed E-state index contributed by atoms with van der Waals surface area (Å²) >= 11 is 0. The Hall–Kier alpha value is -1.05. The second-order valence-corrected chi connectivity index (χ2v) is 9.01. The lowest BCUT2D eigenvalue weighted by Crippen LogP contribution is -2.51. The Morgan fingerprint density at radius 2 is 1.81 bits per heavy atom. The molecule has 3 aliphatic rings. The highest BCUT2D eigenvalue weighted by Gasteiger charge is 2.33. The third kappa shape index (κ3) is 4.69. The van der Waals surface area contributed by atoms with Crippen molar-refractivity contribution >= 4 is 0 Å². The molecule has 2 saturated heterocycles. The maximum absolute atomic E-state index is 5.82. The van der Waals surface area contributed by atoms with Crippen LogP contribution >= 0.6 is 0 Å². The van der Waals surface area contributed by atoms with Gasteiger partial charge in [0.15, 0.2) is 5.82 Å². The molecule has 0 amide bonds. The van der Waals surface area contributed by atoms with Crippen molar-refractivity contribution in [2.75, 3.05) is 32.8 Å². The molecule has 0 N–H and O–H groups in total. The number of tetrazole rings is 1. The van der Waals surface area contributed by atoms with Crippen LogP contribution in [0.4, 0.5) is 0 Å². The number of hydrogen-bond acceptors (Lipinski definition) is 6. The molecule has 0 aromatic carbocycles. The van der Waals surface area contributed by atoms with Crippen molar-refractivity contribution in [1.29, 1.82) is 0 Å². The second kappa shape index (κ2) is 8.97. The molecule has 1 aromatic rings. The summed E-state index contributed by atoms with van der Waals surface area (Å²) < 4.78 is 7.84. The van der Waals surface area contributed by atoms with Crippen LogP contribution in [-0.2, 0) is 11.3 Å². The van der Waals surface area contributed by atoms with Crippen molar-refractivity contribution in [2.24, 2.45) is 5.92 Å². The van der Waals surface area contributed by atoms with E-state index in [0.29, 0.717) is 12.0 Å². The van der Waals surface area contributed by atoms with Crippen LogP contribution in [0.3, 0.4) is 0 Å². The van der Waals surface area contributed by atoms with E-state index in [1.165, 1.54) is 38.8 Å². The van der Waals surface area contributed by atoms with E-state index in [1.54, 1.807) is 0 Å². The van der Waals surface area contributed by atoms with Gasteiger partial charge in [-0.15, -0.1) is 5.10 Å². The van der Waals surface area contributed by atoms with Crippen LogP contribution in [0.2, 0.25) is 0 Å². The summed E-state index contributed by atoms with van der Waals surface area (Å²) in [5.74, 6) is 1.66. The topological polar surface area (TPSA) is 59.3 Å². The minimum atomic E-state index is 0.270. The molecule has 0 bridgehead atoms. The fourth-order valence-corrected chi connectivity index (χ4v) is 5.11.